The van der Waals surface area contributed by atoms with Gasteiger partial charge in [0.05, 0.1) is 0 Å². The second-order valence-electron chi connectivity index (χ2n) is 3.25. The van der Waals surface area contributed by atoms with Crippen LogP contribution in [0.25, 0.3) is 0 Å². The molecule has 0 aliphatic carbocycles. The molecule has 0 aliphatic heterocycles. The fraction of sp³-hybridized carbons (Fsp3) is 0.444. The number of nitrogens with zero attached hydrogens (tertiary/aromatic N) is 1. The van der Waals surface area contributed by atoms with Crippen molar-refractivity contribution in [2.75, 3.05) is 10.7 Å². The van der Waals surface area contributed by atoms with Gasteiger partial charge >= 0.3 is 0 Å². The first-order chi connectivity index (χ1) is 7.08. The van der Waals surface area contributed by atoms with Gasteiger partial charge in [0.2, 0.25) is 0 Å². The third-order valence-corrected chi connectivity index (χ3v) is 2.06. The summed E-state index contributed by atoms with van der Waals surface area (Å²) in [6.45, 7) is 3.82. The number of rotatable bonds is 4. The quantitative estimate of drug-likeness (QED) is 0.531. The molecule has 15 heavy (non-hydrogen) atoms. The van der Waals surface area contributed by atoms with E-state index < -0.39 is 11.6 Å². The fourth-order valence-electron chi connectivity index (χ4n) is 1.00. The number of halogens is 2. The van der Waals surface area contributed by atoms with Crippen molar-refractivity contribution in [2.45, 2.75) is 26.3 Å². The van der Waals surface area contributed by atoms with Crippen LogP contribution >= 0.6 is 0 Å². The lowest BCUT2D eigenvalue weighted by Crippen LogP contribution is -2.18. The van der Waals surface area contributed by atoms with Gasteiger partial charge in [-0.25, -0.2) is 19.6 Å². The minimum Gasteiger partial charge on any atom is -0.365 e. The molecule has 0 fully saturated rings. The summed E-state index contributed by atoms with van der Waals surface area (Å²) in [5.41, 5.74) is 2.06. The van der Waals surface area contributed by atoms with E-state index in [1.165, 1.54) is 0 Å². The highest BCUT2D eigenvalue weighted by molar-refractivity contribution is 5.47. The van der Waals surface area contributed by atoms with E-state index in [4.69, 9.17) is 5.84 Å². The number of anilines is 2. The Morgan fingerprint density at radius 2 is 2.00 bits per heavy atom. The van der Waals surface area contributed by atoms with Gasteiger partial charge in [0.25, 0.3) is 0 Å². The average Bonchev–Trinajstić information content (AvgIpc) is 2.21. The largest absolute Gasteiger partial charge is 0.365 e. The summed E-state index contributed by atoms with van der Waals surface area (Å²) in [7, 11) is 0. The van der Waals surface area contributed by atoms with E-state index in [1.54, 1.807) is 0 Å². The Bertz CT molecular complexity index is 343. The molecule has 0 spiro atoms. The molecule has 1 aromatic heterocycles. The van der Waals surface area contributed by atoms with Crippen molar-refractivity contribution in [3.05, 3.63) is 17.7 Å². The lowest BCUT2D eigenvalue weighted by atomic mass is 10.2. The molecule has 4 N–H and O–H groups in total. The van der Waals surface area contributed by atoms with Gasteiger partial charge in [-0.1, -0.05) is 6.92 Å². The van der Waals surface area contributed by atoms with Crippen LogP contribution in [-0.2, 0) is 0 Å². The second kappa shape index (κ2) is 4.88. The molecular weight excluding hydrogens is 202 g/mol. The van der Waals surface area contributed by atoms with Gasteiger partial charge in [-0.15, -0.1) is 0 Å². The molecule has 4 nitrogen and oxygen atoms in total. The van der Waals surface area contributed by atoms with Crippen molar-refractivity contribution in [3.63, 3.8) is 0 Å². The normalized spacial score (nSPS) is 12.3. The fourth-order valence-corrected chi connectivity index (χ4v) is 1.00. The summed E-state index contributed by atoms with van der Waals surface area (Å²) in [5, 5.41) is 2.81. The number of hydrazine groups is 1. The lowest BCUT2D eigenvalue weighted by Gasteiger charge is -2.13. The zero-order chi connectivity index (χ0) is 11.4. The van der Waals surface area contributed by atoms with Crippen LogP contribution < -0.4 is 16.6 Å². The van der Waals surface area contributed by atoms with Gasteiger partial charge < -0.3 is 10.7 Å². The van der Waals surface area contributed by atoms with Gasteiger partial charge in [0, 0.05) is 12.1 Å². The van der Waals surface area contributed by atoms with Crippen LogP contribution in [-0.4, -0.2) is 11.0 Å². The number of nitrogens with two attached hydrogens (primary N) is 1. The molecule has 0 saturated carbocycles. The molecule has 1 heterocycles. The Kier molecular flexibility index (Phi) is 3.79. The van der Waals surface area contributed by atoms with Crippen molar-refractivity contribution in [2.24, 2.45) is 5.84 Å². The maximum Gasteiger partial charge on any atom is 0.178 e. The van der Waals surface area contributed by atoms with Crippen molar-refractivity contribution in [3.8, 4) is 0 Å². The predicted octanol–water partition coefficient (Wildman–Crippen LogP) is 1.86. The Balaban J connectivity index is 2.97. The zero-order valence-corrected chi connectivity index (χ0v) is 8.64. The van der Waals surface area contributed by atoms with E-state index in [-0.39, 0.29) is 17.7 Å². The van der Waals surface area contributed by atoms with Crippen molar-refractivity contribution in [1.29, 1.82) is 0 Å². The first-order valence-electron chi connectivity index (χ1n) is 4.67. The highest BCUT2D eigenvalue weighted by atomic mass is 19.1. The molecular formula is C9H14F2N4. The molecule has 0 aromatic carbocycles. The van der Waals surface area contributed by atoms with Crippen LogP contribution in [0.3, 0.4) is 0 Å². The van der Waals surface area contributed by atoms with Crippen LogP contribution in [0.15, 0.2) is 6.07 Å². The number of nitrogens with one attached hydrogen (secondary N) is 2. The van der Waals surface area contributed by atoms with Gasteiger partial charge in [-0.3, -0.25) is 0 Å². The maximum absolute atomic E-state index is 13.2. The van der Waals surface area contributed by atoms with Crippen LogP contribution in [0, 0.1) is 11.6 Å². The molecule has 1 atom stereocenters. The lowest BCUT2D eigenvalue weighted by molar-refractivity contribution is 0.575. The van der Waals surface area contributed by atoms with Gasteiger partial charge in [0.1, 0.15) is 0 Å². The SMILES string of the molecule is CCC(C)Nc1nc(NN)c(F)cc1F. The number of aromatic nitrogens is 1. The molecule has 0 amide bonds. The number of nitrogen functional groups attached to an aromatic ring is 1. The van der Waals surface area contributed by atoms with Crippen LogP contribution in [0.1, 0.15) is 20.3 Å². The summed E-state index contributed by atoms with van der Waals surface area (Å²) in [6, 6.07) is 0.801. The molecule has 1 unspecified atom stereocenters. The standard InChI is InChI=1S/C9H14F2N4/c1-3-5(2)13-8-6(10)4-7(11)9(14-8)15-12/h4-5H,3,12H2,1-2H3,(H2,13,14,15). The molecule has 0 aliphatic rings. The maximum atomic E-state index is 13.2. The molecule has 0 saturated heterocycles. The van der Waals surface area contributed by atoms with Crippen LogP contribution in [0.5, 0.6) is 0 Å². The Labute approximate surface area is 86.9 Å². The molecule has 1 aromatic rings. The van der Waals surface area contributed by atoms with E-state index in [1.807, 2.05) is 13.8 Å². The first-order valence-corrected chi connectivity index (χ1v) is 4.67. The summed E-state index contributed by atoms with van der Waals surface area (Å²) in [6.07, 6.45) is 0.809. The average molecular weight is 216 g/mol. The molecule has 0 radical (unpaired) electrons. The van der Waals surface area contributed by atoms with Gasteiger partial charge in [-0.05, 0) is 13.3 Å². The Morgan fingerprint density at radius 1 is 1.40 bits per heavy atom. The van der Waals surface area contributed by atoms with Gasteiger partial charge in [-0.2, -0.15) is 0 Å². The minimum absolute atomic E-state index is 0.00120. The smallest absolute Gasteiger partial charge is 0.178 e. The molecule has 0 bridgehead atoms. The number of hydrogen-bond donors (Lipinski definition) is 3. The van der Waals surface area contributed by atoms with E-state index in [2.05, 4.69) is 15.7 Å². The third kappa shape index (κ3) is 2.76. The molecule has 1 rings (SSSR count). The van der Waals surface area contributed by atoms with Crippen LogP contribution in [0.4, 0.5) is 20.4 Å². The highest BCUT2D eigenvalue weighted by Crippen LogP contribution is 2.19. The Morgan fingerprint density at radius 3 is 2.53 bits per heavy atom. The van der Waals surface area contributed by atoms with Gasteiger partial charge in [0.15, 0.2) is 23.3 Å². The second-order valence-corrected chi connectivity index (χ2v) is 3.25. The Hall–Kier alpha value is -1.43. The number of pyridine rings is 1. The summed E-state index contributed by atoms with van der Waals surface area (Å²) < 4.78 is 26.2. The van der Waals surface area contributed by atoms with E-state index in [0.717, 1.165) is 12.5 Å². The van der Waals surface area contributed by atoms with Crippen molar-refractivity contribution < 1.29 is 8.78 Å². The zero-order valence-electron chi connectivity index (χ0n) is 8.64. The topological polar surface area (TPSA) is 63.0 Å². The predicted molar refractivity (Wildman–Crippen MR) is 55.3 cm³/mol. The highest BCUT2D eigenvalue weighted by Gasteiger charge is 2.12. The monoisotopic (exact) mass is 216 g/mol. The summed E-state index contributed by atoms with van der Waals surface area (Å²) >= 11 is 0. The van der Waals surface area contributed by atoms with Crippen LogP contribution in [0.2, 0.25) is 0 Å². The summed E-state index contributed by atoms with van der Waals surface area (Å²) in [5.74, 6) is 3.31. The first kappa shape index (κ1) is 11.6. The molecule has 6 heteroatoms. The van der Waals surface area contributed by atoms with E-state index in [0.29, 0.717) is 0 Å². The number of hydrogen-bond acceptors (Lipinski definition) is 4. The third-order valence-electron chi connectivity index (χ3n) is 2.06. The van der Waals surface area contributed by atoms with E-state index in [9.17, 15) is 8.78 Å². The molecule has 84 valence electrons. The summed E-state index contributed by atoms with van der Waals surface area (Å²) in [4.78, 5) is 3.68. The minimum atomic E-state index is -0.815. The van der Waals surface area contributed by atoms with Crippen molar-refractivity contribution in [1.82, 2.24) is 4.98 Å². The van der Waals surface area contributed by atoms with Crippen molar-refractivity contribution >= 4 is 11.6 Å². The van der Waals surface area contributed by atoms with E-state index >= 15 is 0 Å².